The van der Waals surface area contributed by atoms with Crippen LogP contribution in [0.3, 0.4) is 0 Å². The highest BCUT2D eigenvalue weighted by Gasteiger charge is 2.18. The summed E-state index contributed by atoms with van der Waals surface area (Å²) in [6, 6.07) is 0. The Morgan fingerprint density at radius 1 is 1.35 bits per heavy atom. The number of rotatable bonds is 9. The maximum Gasteiger partial charge on any atom is 0.319 e. The predicted molar refractivity (Wildman–Crippen MR) is 72.1 cm³/mol. The molecule has 17 heavy (non-hydrogen) atoms. The third kappa shape index (κ3) is 9.45. The van der Waals surface area contributed by atoms with Crippen molar-refractivity contribution in [2.45, 2.75) is 58.4 Å². The Morgan fingerprint density at radius 2 is 2.00 bits per heavy atom. The summed E-state index contributed by atoms with van der Waals surface area (Å²) < 4.78 is 17.8. The third-order valence-corrected chi connectivity index (χ3v) is 3.71. The molecule has 0 bridgehead atoms. The van der Waals surface area contributed by atoms with Crippen LogP contribution in [0.25, 0.3) is 0 Å². The van der Waals surface area contributed by atoms with E-state index in [1.807, 2.05) is 20.8 Å². The van der Waals surface area contributed by atoms with E-state index in [9.17, 15) is 9.18 Å². The van der Waals surface area contributed by atoms with Crippen LogP contribution in [0.1, 0.15) is 47.0 Å². The number of carbonyl (C=O) groups is 1. The highest BCUT2D eigenvalue weighted by molar-refractivity contribution is 8.00. The molecule has 4 heteroatoms. The molecule has 0 aliphatic heterocycles. The molecule has 0 radical (unpaired) electrons. The van der Waals surface area contributed by atoms with Gasteiger partial charge in [-0.15, -0.1) is 11.8 Å². The fourth-order valence-electron chi connectivity index (χ4n) is 1.28. The van der Waals surface area contributed by atoms with E-state index in [-0.39, 0.29) is 11.2 Å². The highest BCUT2D eigenvalue weighted by Crippen LogP contribution is 2.19. The van der Waals surface area contributed by atoms with E-state index in [2.05, 4.69) is 0 Å². The van der Waals surface area contributed by atoms with Crippen molar-refractivity contribution in [3.8, 4) is 0 Å². The normalized spacial score (nSPS) is 14.7. The first-order chi connectivity index (χ1) is 7.97. The van der Waals surface area contributed by atoms with E-state index in [4.69, 9.17) is 4.74 Å². The zero-order valence-electron chi connectivity index (χ0n) is 11.4. The standard InChI is InChI=1S/C13H25FO2S/c1-5-12(13(15)16-9-10(2)3)17-8-6-7-11(4)14/h10-12H,5-9H2,1-4H3. The summed E-state index contributed by atoms with van der Waals surface area (Å²) in [7, 11) is 0. The number of hydrogen-bond acceptors (Lipinski definition) is 3. The summed E-state index contributed by atoms with van der Waals surface area (Å²) in [6.45, 7) is 8.07. The lowest BCUT2D eigenvalue weighted by molar-refractivity contribution is -0.144. The summed E-state index contributed by atoms with van der Waals surface area (Å²) in [5.74, 6) is 1.07. The molecule has 2 nitrogen and oxygen atoms in total. The first-order valence-electron chi connectivity index (χ1n) is 6.39. The molecule has 0 aromatic carbocycles. The first-order valence-corrected chi connectivity index (χ1v) is 7.44. The van der Waals surface area contributed by atoms with Crippen LogP contribution in [0.15, 0.2) is 0 Å². The van der Waals surface area contributed by atoms with Gasteiger partial charge in [-0.1, -0.05) is 20.8 Å². The topological polar surface area (TPSA) is 26.3 Å². The predicted octanol–water partition coefficient (Wildman–Crippen LogP) is 3.84. The molecule has 102 valence electrons. The Balaban J connectivity index is 3.77. The number of hydrogen-bond donors (Lipinski definition) is 0. The summed E-state index contributed by atoms with van der Waals surface area (Å²) in [5.41, 5.74) is 0. The number of halogens is 1. The molecule has 0 aromatic heterocycles. The van der Waals surface area contributed by atoms with Crippen LogP contribution >= 0.6 is 11.8 Å². The van der Waals surface area contributed by atoms with Gasteiger partial charge in [-0.2, -0.15) is 0 Å². The van der Waals surface area contributed by atoms with E-state index in [0.717, 1.165) is 18.6 Å². The van der Waals surface area contributed by atoms with Gasteiger partial charge in [0.25, 0.3) is 0 Å². The minimum atomic E-state index is -0.747. The largest absolute Gasteiger partial charge is 0.465 e. The maximum atomic E-state index is 12.6. The summed E-state index contributed by atoms with van der Waals surface area (Å²) in [6.07, 6.45) is 1.41. The lowest BCUT2D eigenvalue weighted by atomic mass is 10.2. The van der Waals surface area contributed by atoms with Crippen molar-refractivity contribution in [3.05, 3.63) is 0 Å². The van der Waals surface area contributed by atoms with Gasteiger partial charge in [0.2, 0.25) is 0 Å². The van der Waals surface area contributed by atoms with Crippen LogP contribution in [-0.2, 0) is 9.53 Å². The Morgan fingerprint density at radius 3 is 2.47 bits per heavy atom. The lowest BCUT2D eigenvalue weighted by Gasteiger charge is -2.15. The molecule has 0 aliphatic rings. The zero-order valence-corrected chi connectivity index (χ0v) is 12.2. The quantitative estimate of drug-likeness (QED) is 0.467. The Labute approximate surface area is 109 Å². The van der Waals surface area contributed by atoms with Crippen LogP contribution in [-0.4, -0.2) is 29.8 Å². The molecule has 0 spiro atoms. The number of alkyl halides is 1. The van der Waals surface area contributed by atoms with E-state index >= 15 is 0 Å². The summed E-state index contributed by atoms with van der Waals surface area (Å²) >= 11 is 1.58. The van der Waals surface area contributed by atoms with Crippen molar-refractivity contribution in [1.29, 1.82) is 0 Å². The summed E-state index contributed by atoms with van der Waals surface area (Å²) in [4.78, 5) is 11.7. The second kappa shape index (κ2) is 9.75. The number of thioether (sulfide) groups is 1. The molecule has 2 unspecified atom stereocenters. The maximum absolute atomic E-state index is 12.6. The minimum Gasteiger partial charge on any atom is -0.465 e. The second-order valence-corrected chi connectivity index (χ2v) is 6.03. The van der Waals surface area contributed by atoms with Gasteiger partial charge in [-0.3, -0.25) is 4.79 Å². The molecular formula is C13H25FO2S. The molecule has 0 fully saturated rings. The van der Waals surface area contributed by atoms with Crippen LogP contribution in [0.2, 0.25) is 0 Å². The molecule has 0 rings (SSSR count). The lowest BCUT2D eigenvalue weighted by Crippen LogP contribution is -2.22. The average Bonchev–Trinajstić information content (AvgIpc) is 2.25. The van der Waals surface area contributed by atoms with Crippen molar-refractivity contribution < 1.29 is 13.9 Å². The zero-order chi connectivity index (χ0) is 13.3. The van der Waals surface area contributed by atoms with Gasteiger partial charge in [-0.25, -0.2) is 4.39 Å². The number of esters is 1. The van der Waals surface area contributed by atoms with Gasteiger partial charge < -0.3 is 4.74 Å². The first kappa shape index (κ1) is 16.8. The van der Waals surface area contributed by atoms with Gasteiger partial charge in [0.1, 0.15) is 5.25 Å². The Kier molecular flexibility index (Phi) is 9.60. The van der Waals surface area contributed by atoms with Crippen molar-refractivity contribution in [2.75, 3.05) is 12.4 Å². The van der Waals surface area contributed by atoms with E-state index in [1.54, 1.807) is 18.7 Å². The van der Waals surface area contributed by atoms with Crippen LogP contribution in [0.4, 0.5) is 4.39 Å². The fourth-order valence-corrected chi connectivity index (χ4v) is 2.34. The van der Waals surface area contributed by atoms with Crippen LogP contribution in [0.5, 0.6) is 0 Å². The van der Waals surface area contributed by atoms with Gasteiger partial charge in [-0.05, 0) is 37.9 Å². The molecule has 0 amide bonds. The minimum absolute atomic E-state index is 0.0938. The monoisotopic (exact) mass is 264 g/mol. The molecule has 0 heterocycles. The highest BCUT2D eigenvalue weighted by atomic mass is 32.2. The molecule has 0 aliphatic carbocycles. The van der Waals surface area contributed by atoms with Crippen molar-refractivity contribution in [3.63, 3.8) is 0 Å². The van der Waals surface area contributed by atoms with E-state index in [0.29, 0.717) is 18.9 Å². The molecule has 0 N–H and O–H groups in total. The van der Waals surface area contributed by atoms with E-state index in [1.165, 1.54) is 0 Å². The van der Waals surface area contributed by atoms with Crippen molar-refractivity contribution in [1.82, 2.24) is 0 Å². The van der Waals surface area contributed by atoms with Crippen molar-refractivity contribution >= 4 is 17.7 Å². The number of ether oxygens (including phenoxy) is 1. The van der Waals surface area contributed by atoms with E-state index < -0.39 is 6.17 Å². The third-order valence-electron chi connectivity index (χ3n) is 2.26. The molecule has 2 atom stereocenters. The smallest absolute Gasteiger partial charge is 0.319 e. The Bertz CT molecular complexity index is 208. The van der Waals surface area contributed by atoms with Gasteiger partial charge >= 0.3 is 5.97 Å². The molecule has 0 aromatic rings. The van der Waals surface area contributed by atoms with Gasteiger partial charge in [0.15, 0.2) is 0 Å². The second-order valence-electron chi connectivity index (χ2n) is 4.71. The molecule has 0 saturated heterocycles. The number of carbonyl (C=O) groups excluding carboxylic acids is 1. The SMILES string of the molecule is CCC(SCCCC(C)F)C(=O)OCC(C)C. The molecule has 0 saturated carbocycles. The van der Waals surface area contributed by atoms with Gasteiger partial charge in [0, 0.05) is 0 Å². The van der Waals surface area contributed by atoms with Gasteiger partial charge in [0.05, 0.1) is 12.8 Å². The fraction of sp³-hybridized carbons (Fsp3) is 0.923. The van der Waals surface area contributed by atoms with Crippen LogP contribution < -0.4 is 0 Å². The van der Waals surface area contributed by atoms with Crippen molar-refractivity contribution in [2.24, 2.45) is 5.92 Å². The Hall–Kier alpha value is -0.250. The average molecular weight is 264 g/mol. The van der Waals surface area contributed by atoms with Crippen LogP contribution in [0, 0.1) is 5.92 Å². The molecular weight excluding hydrogens is 239 g/mol. The summed E-state index contributed by atoms with van der Waals surface area (Å²) in [5, 5.41) is -0.0938.